The van der Waals surface area contributed by atoms with Crippen molar-refractivity contribution in [1.82, 2.24) is 5.32 Å². The van der Waals surface area contributed by atoms with Crippen molar-refractivity contribution in [3.8, 4) is 0 Å². The maximum atomic E-state index is 11.7. The highest BCUT2D eigenvalue weighted by Gasteiger charge is 2.08. The summed E-state index contributed by atoms with van der Waals surface area (Å²) in [5, 5.41) is 11.1. The van der Waals surface area contributed by atoms with Crippen LogP contribution < -0.4 is 21.7 Å². The van der Waals surface area contributed by atoms with Gasteiger partial charge in [-0.2, -0.15) is 11.3 Å². The van der Waals surface area contributed by atoms with Crippen molar-refractivity contribution in [2.24, 2.45) is 5.73 Å². The molecule has 0 fully saturated rings. The molecule has 1 aromatic heterocycles. The molecule has 1 heterocycles. The van der Waals surface area contributed by atoms with Crippen LogP contribution in [-0.2, 0) is 4.79 Å². The van der Waals surface area contributed by atoms with E-state index in [1.165, 1.54) is 11.3 Å². The van der Waals surface area contributed by atoms with Gasteiger partial charge in [0, 0.05) is 22.3 Å². The molecule has 0 aliphatic carbocycles. The van der Waals surface area contributed by atoms with E-state index in [4.69, 9.17) is 5.73 Å². The minimum atomic E-state index is -0.659. The van der Waals surface area contributed by atoms with Crippen LogP contribution in [-0.4, -0.2) is 24.4 Å². The zero-order chi connectivity index (χ0) is 15.9. The molecule has 0 aliphatic rings. The molecule has 0 radical (unpaired) electrons. The first-order valence-corrected chi connectivity index (χ1v) is 7.25. The van der Waals surface area contributed by atoms with E-state index in [1.54, 1.807) is 41.1 Å². The second-order valence-electron chi connectivity index (χ2n) is 4.31. The quantitative estimate of drug-likeness (QED) is 0.671. The normalized spacial score (nSPS) is 9.82. The van der Waals surface area contributed by atoms with E-state index < -0.39 is 6.03 Å². The Hall–Kier alpha value is -2.87. The third-order valence-corrected chi connectivity index (χ3v) is 3.31. The van der Waals surface area contributed by atoms with Crippen molar-refractivity contribution in [1.29, 1.82) is 0 Å². The Morgan fingerprint density at radius 1 is 1.00 bits per heavy atom. The zero-order valence-electron chi connectivity index (χ0n) is 11.5. The number of benzene rings is 1. The molecular weight excluding hydrogens is 304 g/mol. The summed E-state index contributed by atoms with van der Waals surface area (Å²) in [6, 6.07) is 7.46. The van der Waals surface area contributed by atoms with Gasteiger partial charge in [-0.1, -0.05) is 0 Å². The molecule has 0 unspecified atom stereocenters. The van der Waals surface area contributed by atoms with E-state index in [1.807, 2.05) is 0 Å². The number of thiophene rings is 1. The summed E-state index contributed by atoms with van der Waals surface area (Å²) < 4.78 is 0. The Balaban J connectivity index is 1.81. The third kappa shape index (κ3) is 4.60. The zero-order valence-corrected chi connectivity index (χ0v) is 12.3. The van der Waals surface area contributed by atoms with E-state index in [9.17, 15) is 14.4 Å². The number of nitrogens with two attached hydrogens (primary N) is 1. The van der Waals surface area contributed by atoms with E-state index in [2.05, 4.69) is 16.0 Å². The van der Waals surface area contributed by atoms with E-state index in [-0.39, 0.29) is 18.4 Å². The molecule has 0 saturated heterocycles. The van der Waals surface area contributed by atoms with Crippen molar-refractivity contribution in [3.05, 3.63) is 46.7 Å². The van der Waals surface area contributed by atoms with Gasteiger partial charge in [-0.15, -0.1) is 0 Å². The highest BCUT2D eigenvalue weighted by molar-refractivity contribution is 7.08. The Bertz CT molecular complexity index is 668. The van der Waals surface area contributed by atoms with Crippen molar-refractivity contribution >= 4 is 40.6 Å². The molecule has 114 valence electrons. The van der Waals surface area contributed by atoms with Gasteiger partial charge in [0.05, 0.1) is 6.54 Å². The maximum Gasteiger partial charge on any atom is 0.316 e. The summed E-state index contributed by atoms with van der Waals surface area (Å²) in [5.74, 6) is -0.642. The van der Waals surface area contributed by atoms with Gasteiger partial charge in [0.25, 0.3) is 5.91 Å². The van der Waals surface area contributed by atoms with Gasteiger partial charge >= 0.3 is 6.03 Å². The van der Waals surface area contributed by atoms with Crippen LogP contribution >= 0.6 is 11.3 Å². The van der Waals surface area contributed by atoms with Crippen molar-refractivity contribution in [2.75, 3.05) is 17.2 Å². The smallest absolute Gasteiger partial charge is 0.316 e. The van der Waals surface area contributed by atoms with Crippen LogP contribution in [0.15, 0.2) is 41.1 Å². The molecule has 7 nitrogen and oxygen atoms in total. The van der Waals surface area contributed by atoms with Crippen LogP contribution in [0.1, 0.15) is 10.4 Å². The molecule has 0 bridgehead atoms. The van der Waals surface area contributed by atoms with Crippen molar-refractivity contribution in [2.45, 2.75) is 0 Å². The number of hydrogen-bond acceptors (Lipinski definition) is 4. The number of carbonyl (C=O) groups is 3. The summed E-state index contributed by atoms with van der Waals surface area (Å²) in [7, 11) is 0. The number of carbonyl (C=O) groups excluding carboxylic acids is 3. The predicted molar refractivity (Wildman–Crippen MR) is 84.9 cm³/mol. The summed E-state index contributed by atoms with van der Waals surface area (Å²) in [6.45, 7) is -0.129. The van der Waals surface area contributed by atoms with Crippen molar-refractivity contribution < 1.29 is 14.4 Å². The summed E-state index contributed by atoms with van der Waals surface area (Å²) in [5.41, 5.74) is 6.59. The lowest BCUT2D eigenvalue weighted by Gasteiger charge is -2.07. The topological polar surface area (TPSA) is 113 Å². The Kier molecular flexibility index (Phi) is 5.10. The number of amides is 4. The summed E-state index contributed by atoms with van der Waals surface area (Å²) in [4.78, 5) is 34.1. The molecule has 0 atom stereocenters. The fourth-order valence-corrected chi connectivity index (χ4v) is 2.28. The highest BCUT2D eigenvalue weighted by atomic mass is 32.1. The van der Waals surface area contributed by atoms with Crippen LogP contribution in [0, 0.1) is 0 Å². The lowest BCUT2D eigenvalue weighted by atomic mass is 10.2. The second-order valence-corrected chi connectivity index (χ2v) is 5.09. The minimum absolute atomic E-state index is 0.129. The molecule has 22 heavy (non-hydrogen) atoms. The standard InChI is InChI=1S/C14H14N4O3S/c15-14(21)18-11-3-1-10(2-4-11)17-12(19)7-16-13(20)9-5-6-22-8-9/h1-6,8H,7H2,(H,16,20)(H,17,19)(H3,15,18,21). The third-order valence-electron chi connectivity index (χ3n) is 2.63. The fourth-order valence-electron chi connectivity index (χ4n) is 1.64. The lowest BCUT2D eigenvalue weighted by Crippen LogP contribution is -2.32. The number of hydrogen-bond donors (Lipinski definition) is 4. The number of rotatable bonds is 5. The summed E-state index contributed by atoms with van der Waals surface area (Å²) in [6.07, 6.45) is 0. The Labute approximate surface area is 130 Å². The summed E-state index contributed by atoms with van der Waals surface area (Å²) >= 11 is 1.41. The molecule has 8 heteroatoms. The van der Waals surface area contributed by atoms with Gasteiger partial charge in [-0.25, -0.2) is 4.79 Å². The predicted octanol–water partition coefficient (Wildman–Crippen LogP) is 1.61. The molecule has 0 aliphatic heterocycles. The van der Waals surface area contributed by atoms with Crippen LogP contribution in [0.25, 0.3) is 0 Å². The van der Waals surface area contributed by atoms with Gasteiger partial charge in [0.2, 0.25) is 5.91 Å². The molecule has 5 N–H and O–H groups in total. The maximum absolute atomic E-state index is 11.7. The number of anilines is 2. The largest absolute Gasteiger partial charge is 0.351 e. The van der Waals surface area contributed by atoms with E-state index in [0.29, 0.717) is 16.9 Å². The van der Waals surface area contributed by atoms with Crippen LogP contribution in [0.2, 0.25) is 0 Å². The number of nitrogens with one attached hydrogen (secondary N) is 3. The molecular formula is C14H14N4O3S. The van der Waals surface area contributed by atoms with Crippen LogP contribution in [0.5, 0.6) is 0 Å². The van der Waals surface area contributed by atoms with Gasteiger partial charge in [-0.05, 0) is 35.7 Å². The first-order valence-electron chi connectivity index (χ1n) is 6.31. The van der Waals surface area contributed by atoms with Gasteiger partial charge < -0.3 is 21.7 Å². The fraction of sp³-hybridized carbons (Fsp3) is 0.0714. The highest BCUT2D eigenvalue weighted by Crippen LogP contribution is 2.13. The first-order chi connectivity index (χ1) is 10.5. The second kappa shape index (κ2) is 7.23. The minimum Gasteiger partial charge on any atom is -0.351 e. The average molecular weight is 318 g/mol. The lowest BCUT2D eigenvalue weighted by molar-refractivity contribution is -0.115. The molecule has 1 aromatic carbocycles. The Morgan fingerprint density at radius 2 is 1.64 bits per heavy atom. The number of urea groups is 1. The van der Waals surface area contributed by atoms with Gasteiger partial charge in [0.15, 0.2) is 0 Å². The monoisotopic (exact) mass is 318 g/mol. The van der Waals surface area contributed by atoms with Crippen LogP contribution in [0.4, 0.5) is 16.2 Å². The molecule has 2 rings (SSSR count). The van der Waals surface area contributed by atoms with E-state index >= 15 is 0 Å². The SMILES string of the molecule is NC(=O)Nc1ccc(NC(=O)CNC(=O)c2ccsc2)cc1. The van der Waals surface area contributed by atoms with Crippen molar-refractivity contribution in [3.63, 3.8) is 0 Å². The molecule has 0 spiro atoms. The van der Waals surface area contributed by atoms with Crippen LogP contribution in [0.3, 0.4) is 0 Å². The first kappa shape index (κ1) is 15.5. The number of primary amides is 1. The van der Waals surface area contributed by atoms with Gasteiger partial charge in [-0.3, -0.25) is 9.59 Å². The molecule has 0 saturated carbocycles. The van der Waals surface area contributed by atoms with E-state index in [0.717, 1.165) is 0 Å². The average Bonchev–Trinajstić information content (AvgIpc) is 3.00. The van der Waals surface area contributed by atoms with Gasteiger partial charge in [0.1, 0.15) is 0 Å². The Morgan fingerprint density at radius 3 is 2.18 bits per heavy atom. The molecule has 2 aromatic rings. The molecule has 4 amide bonds.